The second-order valence-corrected chi connectivity index (χ2v) is 7.01. The van der Waals surface area contributed by atoms with Crippen molar-refractivity contribution in [3.63, 3.8) is 0 Å². The van der Waals surface area contributed by atoms with Gasteiger partial charge in [-0.3, -0.25) is 0 Å². The van der Waals surface area contributed by atoms with Crippen LogP contribution in [-0.2, 0) is 12.8 Å². The van der Waals surface area contributed by atoms with Crippen LogP contribution in [0.1, 0.15) is 50.4 Å². The molecule has 0 radical (unpaired) electrons. The molecule has 1 unspecified atom stereocenters. The molecule has 2 heteroatoms. The van der Waals surface area contributed by atoms with Crippen LogP contribution in [0.4, 0.5) is 0 Å². The van der Waals surface area contributed by atoms with Gasteiger partial charge in [0.05, 0.1) is 5.69 Å². The predicted octanol–water partition coefficient (Wildman–Crippen LogP) is 4.68. The monoisotopic (exact) mass is 257 g/mol. The lowest BCUT2D eigenvalue weighted by Gasteiger charge is -2.30. The highest BCUT2D eigenvalue weighted by Gasteiger charge is 2.28. The Kier molecular flexibility index (Phi) is 2.92. The largest absolute Gasteiger partial charge is 0.356 e. The summed E-state index contributed by atoms with van der Waals surface area (Å²) < 4.78 is 5.57. The molecule has 0 bridgehead atoms. The maximum atomic E-state index is 5.57. The molecule has 0 saturated carbocycles. The summed E-state index contributed by atoms with van der Waals surface area (Å²) in [6.07, 6.45) is 4.88. The second kappa shape index (κ2) is 4.36. The number of hydrogen-bond donors (Lipinski definition) is 0. The molecule has 0 aliphatic heterocycles. The Balaban J connectivity index is 2.08. The fraction of sp³-hybridized carbons (Fsp3) is 0.588. The fourth-order valence-electron chi connectivity index (χ4n) is 3.32. The van der Waals surface area contributed by atoms with E-state index in [1.807, 2.05) is 6.92 Å². The molecular formula is C17H23NO. The fourth-order valence-corrected chi connectivity index (χ4v) is 3.32. The van der Waals surface area contributed by atoms with E-state index in [4.69, 9.17) is 4.52 Å². The minimum absolute atomic E-state index is 0.383. The average Bonchev–Trinajstić information content (AvgIpc) is 2.60. The zero-order chi connectivity index (χ0) is 13.6. The van der Waals surface area contributed by atoms with E-state index >= 15 is 0 Å². The molecule has 1 aliphatic carbocycles. The highest BCUT2D eigenvalue weighted by atomic mass is 16.5. The molecule has 0 N–H and O–H groups in total. The van der Waals surface area contributed by atoms with Gasteiger partial charge in [-0.15, -0.1) is 0 Å². The van der Waals surface area contributed by atoms with Gasteiger partial charge in [0.25, 0.3) is 0 Å². The predicted molar refractivity (Wildman–Crippen MR) is 78.3 cm³/mol. The summed E-state index contributed by atoms with van der Waals surface area (Å²) in [5, 5.41) is 5.32. The van der Waals surface area contributed by atoms with Crippen molar-refractivity contribution in [1.29, 1.82) is 0 Å². The summed E-state index contributed by atoms with van der Waals surface area (Å²) >= 11 is 0. The number of nitrogens with zero attached hydrogens (tertiary/aromatic N) is 1. The van der Waals surface area contributed by atoms with Gasteiger partial charge >= 0.3 is 0 Å². The number of hydrogen-bond acceptors (Lipinski definition) is 2. The minimum Gasteiger partial charge on any atom is -0.356 e. The van der Waals surface area contributed by atoms with Crippen molar-refractivity contribution >= 4 is 11.0 Å². The molecule has 19 heavy (non-hydrogen) atoms. The lowest BCUT2D eigenvalue weighted by atomic mass is 9.76. The molecule has 0 fully saturated rings. The number of rotatable bonds is 0. The van der Waals surface area contributed by atoms with E-state index in [1.54, 1.807) is 0 Å². The van der Waals surface area contributed by atoms with E-state index in [1.165, 1.54) is 35.8 Å². The van der Waals surface area contributed by atoms with Gasteiger partial charge in [0, 0.05) is 10.9 Å². The molecule has 3 rings (SSSR count). The van der Waals surface area contributed by atoms with E-state index in [0.717, 1.165) is 23.6 Å². The first-order valence-corrected chi connectivity index (χ1v) is 7.33. The third kappa shape index (κ3) is 2.18. The maximum Gasteiger partial charge on any atom is 0.170 e. The van der Waals surface area contributed by atoms with E-state index < -0.39 is 0 Å². The molecule has 102 valence electrons. The molecule has 1 atom stereocenters. The van der Waals surface area contributed by atoms with Crippen LogP contribution in [0.5, 0.6) is 0 Å². The Morgan fingerprint density at radius 2 is 2.05 bits per heavy atom. The molecule has 1 aliphatic rings. The normalized spacial score (nSPS) is 20.3. The Labute approximate surface area is 115 Å². The quantitative estimate of drug-likeness (QED) is 0.641. The standard InChI is InChI=1S/C17H23NO/c1-11-14-9-8-12-10-13(17(2,3)4)6-5-7-15(12)16(14)19-18-11/h8-9,13H,5-7,10H2,1-4H3. The van der Waals surface area contributed by atoms with Crippen LogP contribution < -0.4 is 0 Å². The zero-order valence-corrected chi connectivity index (χ0v) is 12.4. The molecule has 1 aromatic heterocycles. The van der Waals surface area contributed by atoms with Crippen molar-refractivity contribution < 1.29 is 4.52 Å². The van der Waals surface area contributed by atoms with Crippen LogP contribution in [0, 0.1) is 18.3 Å². The molecule has 2 aromatic rings. The topological polar surface area (TPSA) is 26.0 Å². The van der Waals surface area contributed by atoms with Crippen molar-refractivity contribution in [3.05, 3.63) is 29.0 Å². The molecule has 0 amide bonds. The van der Waals surface area contributed by atoms with Crippen molar-refractivity contribution in [2.45, 2.75) is 53.4 Å². The second-order valence-electron chi connectivity index (χ2n) is 7.01. The summed E-state index contributed by atoms with van der Waals surface area (Å²) in [5.41, 5.74) is 5.30. The number of fused-ring (bicyclic) bond motifs is 3. The smallest absolute Gasteiger partial charge is 0.170 e. The van der Waals surface area contributed by atoms with E-state index in [9.17, 15) is 0 Å². The van der Waals surface area contributed by atoms with Crippen LogP contribution in [0.2, 0.25) is 0 Å². The summed E-state index contributed by atoms with van der Waals surface area (Å²) in [7, 11) is 0. The first-order valence-electron chi connectivity index (χ1n) is 7.33. The molecular weight excluding hydrogens is 234 g/mol. The van der Waals surface area contributed by atoms with Crippen LogP contribution in [0.25, 0.3) is 11.0 Å². The van der Waals surface area contributed by atoms with Crippen LogP contribution >= 0.6 is 0 Å². The van der Waals surface area contributed by atoms with Crippen LogP contribution in [0.3, 0.4) is 0 Å². The number of aryl methyl sites for hydroxylation is 2. The third-order valence-electron chi connectivity index (χ3n) is 4.69. The van der Waals surface area contributed by atoms with Gasteiger partial charge in [-0.2, -0.15) is 0 Å². The highest BCUT2D eigenvalue weighted by Crippen LogP contribution is 2.38. The lowest BCUT2D eigenvalue weighted by Crippen LogP contribution is -2.21. The Bertz CT molecular complexity index is 603. The first kappa shape index (κ1) is 12.7. The molecule has 1 heterocycles. The Morgan fingerprint density at radius 1 is 1.26 bits per heavy atom. The van der Waals surface area contributed by atoms with E-state index in [2.05, 4.69) is 38.1 Å². The third-order valence-corrected chi connectivity index (χ3v) is 4.69. The van der Waals surface area contributed by atoms with Gasteiger partial charge < -0.3 is 4.52 Å². The molecule has 1 aromatic carbocycles. The highest BCUT2D eigenvalue weighted by molar-refractivity contribution is 5.83. The van der Waals surface area contributed by atoms with Crippen molar-refractivity contribution in [1.82, 2.24) is 5.16 Å². The average molecular weight is 257 g/mol. The van der Waals surface area contributed by atoms with Crippen molar-refractivity contribution in [2.75, 3.05) is 0 Å². The lowest BCUT2D eigenvalue weighted by molar-refractivity contribution is 0.224. The van der Waals surface area contributed by atoms with E-state index in [0.29, 0.717) is 5.41 Å². The van der Waals surface area contributed by atoms with Gasteiger partial charge in [0.2, 0.25) is 0 Å². The summed E-state index contributed by atoms with van der Waals surface area (Å²) in [4.78, 5) is 0. The summed E-state index contributed by atoms with van der Waals surface area (Å²) in [6.45, 7) is 9.10. The molecule has 2 nitrogen and oxygen atoms in total. The maximum absolute atomic E-state index is 5.57. The van der Waals surface area contributed by atoms with Gasteiger partial charge in [-0.1, -0.05) is 32.0 Å². The zero-order valence-electron chi connectivity index (χ0n) is 12.4. The Morgan fingerprint density at radius 3 is 2.79 bits per heavy atom. The van der Waals surface area contributed by atoms with Crippen molar-refractivity contribution in [3.8, 4) is 0 Å². The molecule has 0 saturated heterocycles. The minimum atomic E-state index is 0.383. The van der Waals surface area contributed by atoms with Gasteiger partial charge in [0.15, 0.2) is 5.58 Å². The summed E-state index contributed by atoms with van der Waals surface area (Å²) in [6, 6.07) is 4.48. The number of aromatic nitrogens is 1. The summed E-state index contributed by atoms with van der Waals surface area (Å²) in [5.74, 6) is 0.759. The Hall–Kier alpha value is -1.31. The van der Waals surface area contributed by atoms with Gasteiger partial charge in [0.1, 0.15) is 0 Å². The van der Waals surface area contributed by atoms with E-state index in [-0.39, 0.29) is 0 Å². The van der Waals surface area contributed by atoms with Gasteiger partial charge in [-0.25, -0.2) is 0 Å². The SMILES string of the molecule is Cc1noc2c3c(ccc12)CC(C(C)(C)C)CCC3. The van der Waals surface area contributed by atoms with Crippen molar-refractivity contribution in [2.24, 2.45) is 11.3 Å². The van der Waals surface area contributed by atoms with Gasteiger partial charge in [-0.05, 0) is 55.6 Å². The molecule has 0 spiro atoms. The van der Waals surface area contributed by atoms with Crippen LogP contribution in [-0.4, -0.2) is 5.16 Å². The number of benzene rings is 1. The first-order chi connectivity index (χ1) is 8.97. The van der Waals surface area contributed by atoms with Crippen LogP contribution in [0.15, 0.2) is 16.7 Å².